The highest BCUT2D eigenvalue weighted by Gasteiger charge is 2.71. The number of hydrogen-bond donors (Lipinski definition) is 4. The molecule has 0 unspecified atom stereocenters. The van der Waals surface area contributed by atoms with Gasteiger partial charge >= 0.3 is 18.1 Å². The van der Waals surface area contributed by atoms with Gasteiger partial charge in [0, 0.05) is 23.6 Å². The third-order valence-electron chi connectivity index (χ3n) is 7.64. The van der Waals surface area contributed by atoms with Crippen LogP contribution < -0.4 is 4.74 Å². The molecule has 4 aliphatic rings. The predicted octanol–water partition coefficient (Wildman–Crippen LogP) is 0.583. The van der Waals surface area contributed by atoms with Crippen molar-refractivity contribution >= 4 is 18.2 Å². The smallest absolute Gasteiger partial charge is 0.446 e. The standard InChI is InChI=1S/C22H25NO8.C2HF3O/c1-23-7-6-21-17-11-2-3-12(10-24)18(17)31-19(21)14(4-5-22(21,29)15(23)8-11)30-16(26)9-13(25)20(27)28;3-2(4,5)1-6/h2-4,13,15,19,24-25,29H,5-10H2,1H3,(H,27,28);1H/t13-,15-,19+,21+,22-;/m1./s1. The number of piperidine rings is 1. The highest BCUT2D eigenvalue weighted by atomic mass is 19.4. The number of aliphatic carboxylic acids is 1. The number of aliphatic hydroxyl groups is 3. The van der Waals surface area contributed by atoms with Crippen LogP contribution in [0.4, 0.5) is 13.2 Å². The van der Waals surface area contributed by atoms with Crippen LogP contribution in [0.5, 0.6) is 5.75 Å². The molecular weight excluding hydrogens is 503 g/mol. The lowest BCUT2D eigenvalue weighted by Crippen LogP contribution is -2.74. The van der Waals surface area contributed by atoms with E-state index in [0.29, 0.717) is 30.7 Å². The maximum Gasteiger partial charge on any atom is 0.446 e. The van der Waals surface area contributed by atoms with Gasteiger partial charge in [0.05, 0.1) is 24.0 Å². The number of likely N-dealkylation sites (tertiary alicyclic amines) is 1. The summed E-state index contributed by atoms with van der Waals surface area (Å²) < 4.78 is 43.0. The normalized spacial score (nSPS) is 30.1. The monoisotopic (exact) mass is 529 g/mol. The molecule has 13 heteroatoms. The van der Waals surface area contributed by atoms with Crippen LogP contribution in [0.25, 0.3) is 0 Å². The Hall–Kier alpha value is -3.00. The number of aliphatic hydroxyl groups excluding tert-OH is 2. The molecule has 1 aromatic carbocycles. The first-order chi connectivity index (χ1) is 17.3. The van der Waals surface area contributed by atoms with E-state index in [2.05, 4.69) is 4.90 Å². The van der Waals surface area contributed by atoms with Gasteiger partial charge in [0.1, 0.15) is 11.5 Å². The van der Waals surface area contributed by atoms with Crippen molar-refractivity contribution < 1.29 is 57.5 Å². The fourth-order valence-corrected chi connectivity index (χ4v) is 6.05. The van der Waals surface area contributed by atoms with Crippen LogP contribution in [0, 0.1) is 0 Å². The maximum atomic E-state index is 12.3. The number of alkyl halides is 3. The quantitative estimate of drug-likeness (QED) is 0.315. The summed E-state index contributed by atoms with van der Waals surface area (Å²) in [5.41, 5.74) is 0.545. The van der Waals surface area contributed by atoms with Crippen molar-refractivity contribution in [1.29, 1.82) is 0 Å². The van der Waals surface area contributed by atoms with Crippen LogP contribution in [0.3, 0.4) is 0 Å². The van der Waals surface area contributed by atoms with Gasteiger partial charge in [-0.05, 0) is 38.1 Å². The number of carboxylic acid groups (broad SMARTS) is 1. The summed E-state index contributed by atoms with van der Waals surface area (Å²) in [6.45, 7) is 0.491. The molecule has 2 aliphatic carbocycles. The van der Waals surface area contributed by atoms with Crippen LogP contribution in [0.1, 0.15) is 36.0 Å². The molecule has 0 aromatic heterocycles. The van der Waals surface area contributed by atoms with Crippen molar-refractivity contribution in [3.8, 4) is 5.75 Å². The maximum absolute atomic E-state index is 12.3. The van der Waals surface area contributed by atoms with E-state index in [-0.39, 0.29) is 24.8 Å². The molecule has 1 saturated heterocycles. The van der Waals surface area contributed by atoms with E-state index < -0.39 is 54.0 Å². The summed E-state index contributed by atoms with van der Waals surface area (Å²) in [6.07, 6.45) is -5.94. The van der Waals surface area contributed by atoms with Crippen LogP contribution in [-0.2, 0) is 37.6 Å². The average molecular weight is 529 g/mol. The fourth-order valence-electron chi connectivity index (χ4n) is 6.05. The molecule has 1 aromatic rings. The molecule has 0 amide bonds. The molecule has 4 N–H and O–H groups in total. The summed E-state index contributed by atoms with van der Waals surface area (Å²) in [6, 6.07) is 3.64. The van der Waals surface area contributed by atoms with Crippen molar-refractivity contribution in [3.63, 3.8) is 0 Å². The molecule has 2 aliphatic heterocycles. The van der Waals surface area contributed by atoms with Gasteiger partial charge in [-0.25, -0.2) is 4.79 Å². The fraction of sp³-hybridized carbons (Fsp3) is 0.542. The molecule has 1 spiro atoms. The number of carboxylic acids is 1. The number of ether oxygens (including phenoxy) is 2. The zero-order chi connectivity index (χ0) is 27.3. The number of esters is 1. The number of carbonyl (C=O) groups excluding carboxylic acids is 2. The second kappa shape index (κ2) is 9.39. The average Bonchev–Trinajstić information content (AvgIpc) is 3.18. The van der Waals surface area contributed by atoms with Crippen molar-refractivity contribution in [3.05, 3.63) is 40.7 Å². The molecule has 202 valence electrons. The summed E-state index contributed by atoms with van der Waals surface area (Å²) in [5, 5.41) is 40.2. The number of rotatable bonds is 5. The van der Waals surface area contributed by atoms with E-state index in [0.717, 1.165) is 11.1 Å². The van der Waals surface area contributed by atoms with Crippen LogP contribution in [-0.4, -0.2) is 87.2 Å². The number of carbonyl (C=O) groups is 3. The Morgan fingerprint density at radius 2 is 2.03 bits per heavy atom. The van der Waals surface area contributed by atoms with E-state index in [1.165, 1.54) is 0 Å². The van der Waals surface area contributed by atoms with E-state index >= 15 is 0 Å². The Labute approximate surface area is 208 Å². The Kier molecular flexibility index (Phi) is 6.86. The van der Waals surface area contributed by atoms with Gasteiger partial charge in [-0.3, -0.25) is 9.59 Å². The summed E-state index contributed by atoms with van der Waals surface area (Å²) in [7, 11) is 1.99. The molecule has 2 heterocycles. The summed E-state index contributed by atoms with van der Waals surface area (Å²) >= 11 is 0. The molecule has 10 nitrogen and oxygen atoms in total. The molecule has 1 fully saturated rings. The van der Waals surface area contributed by atoms with Gasteiger partial charge in [-0.2, -0.15) is 13.2 Å². The minimum absolute atomic E-state index is 0.145. The minimum Gasteiger partial charge on any atom is -0.481 e. The Balaban J connectivity index is 0.000000480. The van der Waals surface area contributed by atoms with E-state index in [9.17, 15) is 38.1 Å². The third-order valence-corrected chi connectivity index (χ3v) is 7.64. The van der Waals surface area contributed by atoms with E-state index in [1.54, 1.807) is 6.08 Å². The van der Waals surface area contributed by atoms with Crippen LogP contribution >= 0.6 is 0 Å². The Bertz CT molecular complexity index is 1150. The van der Waals surface area contributed by atoms with Gasteiger partial charge in [0.15, 0.2) is 12.2 Å². The highest BCUT2D eigenvalue weighted by Crippen LogP contribution is 2.64. The molecule has 0 radical (unpaired) electrons. The highest BCUT2D eigenvalue weighted by molar-refractivity contribution is 5.81. The zero-order valence-electron chi connectivity index (χ0n) is 19.7. The molecular formula is C24H26F3NO9. The third kappa shape index (κ3) is 4.29. The van der Waals surface area contributed by atoms with Gasteiger partial charge in [0.25, 0.3) is 0 Å². The van der Waals surface area contributed by atoms with Crippen LogP contribution in [0.15, 0.2) is 24.0 Å². The Morgan fingerprint density at radius 3 is 2.62 bits per heavy atom. The molecule has 2 bridgehead atoms. The molecule has 5 rings (SSSR count). The SMILES string of the molecule is CN1CC[C@]23c4c5ccc(CO)c4O[C@H]2C(OC(=O)C[C@@H](O)C(=O)O)=CC[C@@]3(O)[C@H]1C5.O=CC(F)(F)F. The summed E-state index contributed by atoms with van der Waals surface area (Å²) in [5.74, 6) is -1.65. The lowest BCUT2D eigenvalue weighted by atomic mass is 9.50. The number of nitrogens with zero attached hydrogens (tertiary/aromatic N) is 1. The number of halogens is 3. The van der Waals surface area contributed by atoms with E-state index in [1.807, 2.05) is 19.2 Å². The largest absolute Gasteiger partial charge is 0.481 e. The lowest BCUT2D eigenvalue weighted by molar-refractivity contribution is -0.170. The topological polar surface area (TPSA) is 154 Å². The van der Waals surface area contributed by atoms with Crippen molar-refractivity contribution in [2.24, 2.45) is 0 Å². The van der Waals surface area contributed by atoms with Crippen molar-refractivity contribution in [2.75, 3.05) is 13.6 Å². The first kappa shape index (κ1) is 27.0. The summed E-state index contributed by atoms with van der Waals surface area (Å²) in [4.78, 5) is 34.0. The Morgan fingerprint density at radius 1 is 1.35 bits per heavy atom. The number of benzene rings is 1. The number of likely N-dealkylation sites (N-methyl/N-ethyl adjacent to an activating group) is 1. The lowest BCUT2D eigenvalue weighted by Gasteiger charge is -2.61. The van der Waals surface area contributed by atoms with Gasteiger partial charge in [0.2, 0.25) is 6.29 Å². The first-order valence-corrected chi connectivity index (χ1v) is 11.5. The molecule has 0 saturated carbocycles. The molecule has 37 heavy (non-hydrogen) atoms. The van der Waals surface area contributed by atoms with Crippen molar-refractivity contribution in [1.82, 2.24) is 4.90 Å². The minimum atomic E-state index is -4.64. The van der Waals surface area contributed by atoms with Gasteiger partial charge in [-0.1, -0.05) is 12.1 Å². The first-order valence-electron chi connectivity index (χ1n) is 11.5. The van der Waals surface area contributed by atoms with Crippen molar-refractivity contribution in [2.45, 2.75) is 67.7 Å². The molecule has 5 atom stereocenters. The van der Waals surface area contributed by atoms with Gasteiger partial charge < -0.3 is 34.8 Å². The second-order valence-corrected chi connectivity index (χ2v) is 9.59. The number of hydrogen-bond acceptors (Lipinski definition) is 9. The van der Waals surface area contributed by atoms with Crippen LogP contribution in [0.2, 0.25) is 0 Å². The predicted molar refractivity (Wildman–Crippen MR) is 117 cm³/mol. The zero-order valence-corrected chi connectivity index (χ0v) is 19.7. The number of aldehydes is 1. The van der Waals surface area contributed by atoms with E-state index in [4.69, 9.17) is 19.4 Å². The second-order valence-electron chi connectivity index (χ2n) is 9.59. The van der Waals surface area contributed by atoms with Gasteiger partial charge in [-0.15, -0.1) is 0 Å².